The summed E-state index contributed by atoms with van der Waals surface area (Å²) < 4.78 is 5.35. The van der Waals surface area contributed by atoms with Crippen LogP contribution in [0.1, 0.15) is 30.1 Å². The van der Waals surface area contributed by atoms with E-state index in [4.69, 9.17) is 9.72 Å². The van der Waals surface area contributed by atoms with Crippen molar-refractivity contribution >= 4 is 16.8 Å². The van der Waals surface area contributed by atoms with Gasteiger partial charge in [-0.2, -0.15) is 0 Å². The minimum atomic E-state index is 0.101. The van der Waals surface area contributed by atoms with E-state index in [1.807, 2.05) is 59.5 Å². The van der Waals surface area contributed by atoms with Crippen molar-refractivity contribution in [3.8, 4) is 17.0 Å². The van der Waals surface area contributed by atoms with E-state index in [1.165, 1.54) is 6.42 Å². The second-order valence-corrected chi connectivity index (χ2v) is 7.30. The van der Waals surface area contributed by atoms with Gasteiger partial charge >= 0.3 is 0 Å². The number of nitrogens with zero attached hydrogens (tertiary/aromatic N) is 2. The fraction of sp³-hybridized carbons (Fsp3) is 0.304. The van der Waals surface area contributed by atoms with Gasteiger partial charge in [0.2, 0.25) is 0 Å². The summed E-state index contributed by atoms with van der Waals surface area (Å²) in [6, 6.07) is 17.6. The summed E-state index contributed by atoms with van der Waals surface area (Å²) >= 11 is 0. The average molecular weight is 360 g/mol. The van der Waals surface area contributed by atoms with Gasteiger partial charge in [0.1, 0.15) is 5.75 Å². The summed E-state index contributed by atoms with van der Waals surface area (Å²) in [6.07, 6.45) is 2.26. The molecule has 1 atom stereocenters. The quantitative estimate of drug-likeness (QED) is 0.675. The highest BCUT2D eigenvalue weighted by molar-refractivity contribution is 6.07. The van der Waals surface area contributed by atoms with E-state index in [1.54, 1.807) is 7.11 Å². The second-order valence-electron chi connectivity index (χ2n) is 7.30. The van der Waals surface area contributed by atoms with Crippen molar-refractivity contribution in [1.82, 2.24) is 9.88 Å². The van der Waals surface area contributed by atoms with Crippen LogP contribution in [0.4, 0.5) is 0 Å². The highest BCUT2D eigenvalue weighted by atomic mass is 16.5. The van der Waals surface area contributed by atoms with E-state index in [9.17, 15) is 4.79 Å². The highest BCUT2D eigenvalue weighted by Crippen LogP contribution is 2.29. The molecule has 0 radical (unpaired) electrons. The van der Waals surface area contributed by atoms with E-state index in [0.29, 0.717) is 5.92 Å². The molecule has 1 amide bonds. The van der Waals surface area contributed by atoms with Crippen molar-refractivity contribution in [3.63, 3.8) is 0 Å². The maximum atomic E-state index is 13.3. The molecule has 0 aliphatic carbocycles. The highest BCUT2D eigenvalue weighted by Gasteiger charge is 2.24. The van der Waals surface area contributed by atoms with E-state index in [0.717, 1.165) is 53.0 Å². The monoisotopic (exact) mass is 360 g/mol. The zero-order chi connectivity index (χ0) is 18.8. The molecule has 0 bridgehead atoms. The number of hydrogen-bond donors (Lipinski definition) is 0. The smallest absolute Gasteiger partial charge is 0.254 e. The van der Waals surface area contributed by atoms with Crippen LogP contribution in [0.2, 0.25) is 0 Å². The first kappa shape index (κ1) is 17.5. The SMILES string of the molecule is COc1cccc(-c2cc(C(=O)N3CCCC(C)C3)c3ccccc3n2)c1. The molecule has 3 aromatic rings. The van der Waals surface area contributed by atoms with Gasteiger partial charge in [-0.25, -0.2) is 4.98 Å². The first-order chi connectivity index (χ1) is 13.2. The molecule has 2 aromatic carbocycles. The number of likely N-dealkylation sites (tertiary alicyclic amines) is 1. The normalized spacial score (nSPS) is 17.1. The lowest BCUT2D eigenvalue weighted by molar-refractivity contribution is 0.0685. The molecule has 27 heavy (non-hydrogen) atoms. The molecule has 0 saturated carbocycles. The number of carbonyl (C=O) groups excluding carboxylic acids is 1. The van der Waals surface area contributed by atoms with Gasteiger partial charge in [-0.3, -0.25) is 4.79 Å². The van der Waals surface area contributed by atoms with Crippen LogP contribution >= 0.6 is 0 Å². The molecule has 4 nitrogen and oxygen atoms in total. The van der Waals surface area contributed by atoms with Gasteiger partial charge in [0.15, 0.2) is 0 Å². The summed E-state index contributed by atoms with van der Waals surface area (Å²) in [7, 11) is 1.65. The summed E-state index contributed by atoms with van der Waals surface area (Å²) in [6.45, 7) is 3.87. The first-order valence-electron chi connectivity index (χ1n) is 9.49. The number of rotatable bonds is 3. The fourth-order valence-electron chi connectivity index (χ4n) is 3.83. The van der Waals surface area contributed by atoms with Gasteiger partial charge in [0.25, 0.3) is 5.91 Å². The molecule has 1 aliphatic heterocycles. The Kier molecular flexibility index (Phi) is 4.80. The van der Waals surface area contributed by atoms with Crippen molar-refractivity contribution < 1.29 is 9.53 Å². The van der Waals surface area contributed by atoms with E-state index >= 15 is 0 Å². The first-order valence-corrected chi connectivity index (χ1v) is 9.49. The Morgan fingerprint density at radius 2 is 2.00 bits per heavy atom. The number of ether oxygens (including phenoxy) is 1. The van der Waals surface area contributed by atoms with Gasteiger partial charge in [0.05, 0.1) is 23.9 Å². The van der Waals surface area contributed by atoms with E-state index in [2.05, 4.69) is 6.92 Å². The zero-order valence-corrected chi connectivity index (χ0v) is 15.8. The van der Waals surface area contributed by atoms with Crippen LogP contribution in [0, 0.1) is 5.92 Å². The molecule has 1 aliphatic rings. The largest absolute Gasteiger partial charge is 0.497 e. The van der Waals surface area contributed by atoms with E-state index in [-0.39, 0.29) is 5.91 Å². The molecule has 2 heterocycles. The molecule has 4 rings (SSSR count). The third kappa shape index (κ3) is 3.52. The third-order valence-corrected chi connectivity index (χ3v) is 5.26. The van der Waals surface area contributed by atoms with Crippen LogP contribution in [0.25, 0.3) is 22.2 Å². The van der Waals surface area contributed by atoms with Crippen LogP contribution < -0.4 is 4.74 Å². The number of benzene rings is 2. The van der Waals surface area contributed by atoms with Crippen LogP contribution in [0.5, 0.6) is 5.75 Å². The predicted octanol–water partition coefficient (Wildman–Crippen LogP) is 4.78. The number of hydrogen-bond acceptors (Lipinski definition) is 3. The Morgan fingerprint density at radius 1 is 1.15 bits per heavy atom. The number of piperidine rings is 1. The summed E-state index contributed by atoms with van der Waals surface area (Å²) in [4.78, 5) is 20.1. The number of amides is 1. The molecule has 138 valence electrons. The summed E-state index contributed by atoms with van der Waals surface area (Å²) in [5.74, 6) is 1.43. The minimum Gasteiger partial charge on any atom is -0.497 e. The Morgan fingerprint density at radius 3 is 2.81 bits per heavy atom. The Hall–Kier alpha value is -2.88. The van der Waals surface area contributed by atoms with Gasteiger partial charge in [-0.05, 0) is 43.0 Å². The number of methoxy groups -OCH3 is 1. The van der Waals surface area contributed by atoms with Gasteiger partial charge < -0.3 is 9.64 Å². The Bertz CT molecular complexity index is 983. The van der Waals surface area contributed by atoms with Crippen LogP contribution in [-0.2, 0) is 0 Å². The van der Waals surface area contributed by atoms with Crippen molar-refractivity contribution in [2.24, 2.45) is 5.92 Å². The van der Waals surface area contributed by atoms with Crippen molar-refractivity contribution in [3.05, 3.63) is 60.2 Å². The lowest BCUT2D eigenvalue weighted by atomic mass is 9.98. The standard InChI is InChI=1S/C23H24N2O2/c1-16-7-6-12-25(15-16)23(26)20-14-22(17-8-5-9-18(13-17)27-2)24-21-11-4-3-10-19(20)21/h3-5,8-11,13-14,16H,6-7,12,15H2,1-2H3. The maximum Gasteiger partial charge on any atom is 0.254 e. The van der Waals surface area contributed by atoms with Crippen molar-refractivity contribution in [2.75, 3.05) is 20.2 Å². The molecule has 1 unspecified atom stereocenters. The number of aromatic nitrogens is 1. The lowest BCUT2D eigenvalue weighted by Crippen LogP contribution is -2.39. The summed E-state index contributed by atoms with van der Waals surface area (Å²) in [5, 5.41) is 0.910. The van der Waals surface area contributed by atoms with Crippen molar-refractivity contribution in [1.29, 1.82) is 0 Å². The summed E-state index contributed by atoms with van der Waals surface area (Å²) in [5.41, 5.74) is 3.31. The Labute approximate surface area is 159 Å². The zero-order valence-electron chi connectivity index (χ0n) is 15.8. The number of pyridine rings is 1. The number of fused-ring (bicyclic) bond motifs is 1. The van der Waals surface area contributed by atoms with Crippen LogP contribution in [-0.4, -0.2) is 36.0 Å². The molecule has 0 N–H and O–H groups in total. The molecule has 0 spiro atoms. The van der Waals surface area contributed by atoms with Crippen molar-refractivity contribution in [2.45, 2.75) is 19.8 Å². The Balaban J connectivity index is 1.82. The third-order valence-electron chi connectivity index (χ3n) is 5.26. The predicted molar refractivity (Wildman–Crippen MR) is 108 cm³/mol. The fourth-order valence-corrected chi connectivity index (χ4v) is 3.83. The number of carbonyl (C=O) groups is 1. The topological polar surface area (TPSA) is 42.4 Å². The molecule has 1 saturated heterocycles. The van der Waals surface area contributed by atoms with Crippen LogP contribution in [0.15, 0.2) is 54.6 Å². The van der Waals surface area contributed by atoms with Gasteiger partial charge in [-0.15, -0.1) is 0 Å². The maximum absolute atomic E-state index is 13.3. The average Bonchev–Trinajstić information content (AvgIpc) is 2.72. The van der Waals surface area contributed by atoms with E-state index < -0.39 is 0 Å². The van der Waals surface area contributed by atoms with Gasteiger partial charge in [-0.1, -0.05) is 37.3 Å². The molecular formula is C23H24N2O2. The molecule has 4 heteroatoms. The number of para-hydroxylation sites is 1. The minimum absolute atomic E-state index is 0.101. The lowest BCUT2D eigenvalue weighted by Gasteiger charge is -2.31. The second kappa shape index (κ2) is 7.39. The molecule has 1 aromatic heterocycles. The molecular weight excluding hydrogens is 336 g/mol. The molecule has 1 fully saturated rings. The van der Waals surface area contributed by atoms with Gasteiger partial charge in [0, 0.05) is 24.0 Å². The van der Waals surface area contributed by atoms with Crippen LogP contribution in [0.3, 0.4) is 0 Å².